The maximum atomic E-state index is 11.8. The van der Waals surface area contributed by atoms with Crippen molar-refractivity contribution >= 4 is 21.7 Å². The third-order valence-corrected chi connectivity index (χ3v) is 5.24. The Hall–Kier alpha value is -1.08. The summed E-state index contributed by atoms with van der Waals surface area (Å²) in [5, 5.41) is 0. The number of alkyl halides is 1. The molecule has 0 radical (unpaired) electrons. The Balaban J connectivity index is 2.61. The normalized spacial score (nSPS) is 13.4. The highest BCUT2D eigenvalue weighted by molar-refractivity contribution is 7.86. The van der Waals surface area contributed by atoms with Gasteiger partial charge in [0.05, 0.1) is 32.2 Å². The van der Waals surface area contributed by atoms with E-state index in [1.165, 1.54) is 0 Å². The Morgan fingerprint density at radius 3 is 2.44 bits per heavy atom. The molecule has 0 heterocycles. The second kappa shape index (κ2) is 10.2. The van der Waals surface area contributed by atoms with Crippen LogP contribution in [0.1, 0.15) is 25.8 Å². The van der Waals surface area contributed by atoms with Crippen LogP contribution in [0.25, 0.3) is 0 Å². The van der Waals surface area contributed by atoms with Gasteiger partial charge in [0.25, 0.3) is 10.1 Å². The van der Waals surface area contributed by atoms with Crippen molar-refractivity contribution < 1.29 is 22.1 Å². The molecule has 0 bridgehead atoms. The Kier molecular flexibility index (Phi) is 8.93. The first-order valence-corrected chi connectivity index (χ1v) is 10.2. The van der Waals surface area contributed by atoms with E-state index < -0.39 is 15.5 Å². The fourth-order valence-electron chi connectivity index (χ4n) is 2.13. The third kappa shape index (κ3) is 7.77. The van der Waals surface area contributed by atoms with Crippen molar-refractivity contribution in [3.05, 3.63) is 42.5 Å². The molecule has 0 amide bonds. The molecule has 0 spiro atoms. The minimum Gasteiger partial charge on any atom is -0.497 e. The van der Waals surface area contributed by atoms with Crippen LogP contribution in [0, 0.1) is 5.41 Å². The molecular weight excluding hydrogens is 364 g/mol. The highest BCUT2D eigenvalue weighted by Gasteiger charge is 2.30. The lowest BCUT2D eigenvalue weighted by atomic mass is 9.87. The lowest BCUT2D eigenvalue weighted by Gasteiger charge is -2.31. The van der Waals surface area contributed by atoms with E-state index in [0.717, 1.165) is 11.3 Å². The van der Waals surface area contributed by atoms with Crippen LogP contribution < -0.4 is 4.74 Å². The zero-order chi connectivity index (χ0) is 18.9. The first-order chi connectivity index (χ1) is 11.7. The molecule has 1 aromatic carbocycles. The van der Waals surface area contributed by atoms with Crippen LogP contribution in [0.5, 0.6) is 5.75 Å². The average Bonchev–Trinajstić information content (AvgIpc) is 2.59. The standard InChI is InChI=1S/C18H27ClO5S/c1-5-17(23-13-15-7-9-16(22-4)10-8-15)18(2,3)14-24-25(20,21)12-6-11-19/h5,7-10,17H,1,6,11-14H2,2-4H3. The summed E-state index contributed by atoms with van der Waals surface area (Å²) in [4.78, 5) is 0. The van der Waals surface area contributed by atoms with E-state index in [-0.39, 0.29) is 24.3 Å². The van der Waals surface area contributed by atoms with Gasteiger partial charge in [-0.2, -0.15) is 8.42 Å². The van der Waals surface area contributed by atoms with Crippen LogP contribution >= 0.6 is 11.6 Å². The van der Waals surface area contributed by atoms with E-state index in [2.05, 4.69) is 6.58 Å². The highest BCUT2D eigenvalue weighted by Crippen LogP contribution is 2.27. The fraction of sp³-hybridized carbons (Fsp3) is 0.556. The summed E-state index contributed by atoms with van der Waals surface area (Å²) in [6.45, 7) is 7.94. The van der Waals surface area contributed by atoms with E-state index in [0.29, 0.717) is 13.0 Å². The maximum absolute atomic E-state index is 11.8. The zero-order valence-corrected chi connectivity index (χ0v) is 16.6. The smallest absolute Gasteiger partial charge is 0.267 e. The lowest BCUT2D eigenvalue weighted by Crippen LogP contribution is -2.35. The summed E-state index contributed by atoms with van der Waals surface area (Å²) in [5.74, 6) is 0.976. The van der Waals surface area contributed by atoms with Gasteiger partial charge in [-0.25, -0.2) is 0 Å². The Morgan fingerprint density at radius 2 is 1.92 bits per heavy atom. The van der Waals surface area contributed by atoms with Gasteiger partial charge < -0.3 is 9.47 Å². The molecule has 1 atom stereocenters. The van der Waals surface area contributed by atoms with Crippen molar-refractivity contribution in [3.8, 4) is 5.75 Å². The molecule has 142 valence electrons. The van der Waals surface area contributed by atoms with Crippen molar-refractivity contribution in [2.75, 3.05) is 25.3 Å². The number of methoxy groups -OCH3 is 1. The number of hydrogen-bond donors (Lipinski definition) is 0. The van der Waals surface area contributed by atoms with Gasteiger partial charge in [-0.3, -0.25) is 4.18 Å². The summed E-state index contributed by atoms with van der Waals surface area (Å²) in [5.41, 5.74) is 0.432. The lowest BCUT2D eigenvalue weighted by molar-refractivity contribution is -0.0228. The average molecular weight is 391 g/mol. The molecule has 0 aliphatic heterocycles. The second-order valence-electron chi connectivity index (χ2n) is 6.37. The summed E-state index contributed by atoms with van der Waals surface area (Å²) in [6.07, 6.45) is 1.67. The third-order valence-electron chi connectivity index (χ3n) is 3.71. The Morgan fingerprint density at radius 1 is 1.28 bits per heavy atom. The maximum Gasteiger partial charge on any atom is 0.267 e. The van der Waals surface area contributed by atoms with E-state index in [4.69, 9.17) is 25.3 Å². The molecular formula is C18H27ClO5S. The van der Waals surface area contributed by atoms with Crippen molar-refractivity contribution in [1.82, 2.24) is 0 Å². The molecule has 0 aliphatic carbocycles. The van der Waals surface area contributed by atoms with Crippen molar-refractivity contribution in [2.24, 2.45) is 5.41 Å². The largest absolute Gasteiger partial charge is 0.497 e. The van der Waals surface area contributed by atoms with Gasteiger partial charge in [0.1, 0.15) is 5.75 Å². The van der Waals surface area contributed by atoms with Crippen LogP contribution in [0.2, 0.25) is 0 Å². The van der Waals surface area contributed by atoms with Gasteiger partial charge in [0.2, 0.25) is 0 Å². The van der Waals surface area contributed by atoms with Crippen molar-refractivity contribution in [2.45, 2.75) is 33.0 Å². The first kappa shape index (κ1) is 22.0. The molecule has 1 unspecified atom stereocenters. The first-order valence-electron chi connectivity index (χ1n) is 8.04. The molecule has 0 N–H and O–H groups in total. The second-order valence-corrected chi connectivity index (χ2v) is 8.51. The van der Waals surface area contributed by atoms with E-state index >= 15 is 0 Å². The van der Waals surface area contributed by atoms with Crippen molar-refractivity contribution in [3.63, 3.8) is 0 Å². The van der Waals surface area contributed by atoms with Crippen LogP contribution in [0.4, 0.5) is 0 Å². The molecule has 0 aromatic heterocycles. The monoisotopic (exact) mass is 390 g/mol. The number of hydrogen-bond acceptors (Lipinski definition) is 5. The predicted molar refractivity (Wildman–Crippen MR) is 101 cm³/mol. The zero-order valence-electron chi connectivity index (χ0n) is 15.0. The van der Waals surface area contributed by atoms with Gasteiger partial charge in [0, 0.05) is 11.3 Å². The summed E-state index contributed by atoms with van der Waals surface area (Å²) in [7, 11) is -1.97. The molecule has 1 rings (SSSR count). The molecule has 5 nitrogen and oxygen atoms in total. The van der Waals surface area contributed by atoms with Crippen molar-refractivity contribution in [1.29, 1.82) is 0 Å². The van der Waals surface area contributed by atoms with E-state index in [9.17, 15) is 8.42 Å². The Bertz CT molecular complexity index is 625. The van der Waals surface area contributed by atoms with Gasteiger partial charge in [-0.05, 0) is 24.1 Å². The molecule has 0 fully saturated rings. The molecule has 0 saturated carbocycles. The van der Waals surface area contributed by atoms with Crippen LogP contribution in [-0.4, -0.2) is 39.9 Å². The molecule has 7 heteroatoms. The van der Waals surface area contributed by atoms with Gasteiger partial charge in [-0.15, -0.1) is 18.2 Å². The minimum atomic E-state index is -3.58. The summed E-state index contributed by atoms with van der Waals surface area (Å²) >= 11 is 5.53. The minimum absolute atomic E-state index is 0.0108. The quantitative estimate of drug-likeness (QED) is 0.309. The fourth-order valence-corrected chi connectivity index (χ4v) is 3.53. The molecule has 25 heavy (non-hydrogen) atoms. The number of halogens is 1. The van der Waals surface area contributed by atoms with Gasteiger partial charge >= 0.3 is 0 Å². The van der Waals surface area contributed by atoms with Crippen LogP contribution in [-0.2, 0) is 25.6 Å². The topological polar surface area (TPSA) is 61.8 Å². The van der Waals surface area contributed by atoms with Crippen LogP contribution in [0.3, 0.4) is 0 Å². The number of ether oxygens (including phenoxy) is 2. The van der Waals surface area contributed by atoms with Gasteiger partial charge in [-0.1, -0.05) is 32.1 Å². The highest BCUT2D eigenvalue weighted by atomic mass is 35.5. The van der Waals surface area contributed by atoms with Gasteiger partial charge in [0.15, 0.2) is 0 Å². The summed E-state index contributed by atoms with van der Waals surface area (Å²) < 4.78 is 39.8. The predicted octanol–water partition coefficient (Wildman–Crippen LogP) is 3.77. The molecule has 0 saturated heterocycles. The number of rotatable bonds is 12. The Labute approximate surface area is 156 Å². The van der Waals surface area contributed by atoms with Crippen LogP contribution in [0.15, 0.2) is 36.9 Å². The SMILES string of the molecule is C=CC(OCc1ccc(OC)cc1)C(C)(C)COS(=O)(=O)CCCCl. The summed E-state index contributed by atoms with van der Waals surface area (Å²) in [6, 6.07) is 7.55. The van der Waals surface area contributed by atoms with E-state index in [1.54, 1.807) is 13.2 Å². The molecule has 0 aliphatic rings. The molecule has 1 aromatic rings. The van der Waals surface area contributed by atoms with E-state index in [1.807, 2.05) is 38.1 Å². The number of benzene rings is 1.